The minimum absolute atomic E-state index is 0.563. The molecule has 3 nitrogen and oxygen atoms in total. The second-order valence-electron chi connectivity index (χ2n) is 4.02. The zero-order valence-corrected chi connectivity index (χ0v) is 8.38. The molecular formula is C10H17N3. The van der Waals surface area contributed by atoms with Gasteiger partial charge in [-0.2, -0.15) is 0 Å². The Hall–Kier alpha value is -0.830. The number of aryl methyl sites for hydroxylation is 1. The molecule has 1 unspecified atom stereocenters. The number of nitrogens with two attached hydrogens (primary N) is 1. The lowest BCUT2D eigenvalue weighted by Crippen LogP contribution is -2.20. The number of hydrogen-bond acceptors (Lipinski definition) is 2. The first kappa shape index (κ1) is 8.75. The Bertz CT molecular complexity index is 314. The van der Waals surface area contributed by atoms with E-state index < -0.39 is 0 Å². The first-order chi connectivity index (χ1) is 6.22. The quantitative estimate of drug-likeness (QED) is 0.704. The van der Waals surface area contributed by atoms with Gasteiger partial charge in [0.05, 0.1) is 12.2 Å². The van der Waals surface area contributed by atoms with Gasteiger partial charge < -0.3 is 10.3 Å². The van der Waals surface area contributed by atoms with E-state index in [1.54, 1.807) is 0 Å². The van der Waals surface area contributed by atoms with Crippen LogP contribution in [0.5, 0.6) is 0 Å². The van der Waals surface area contributed by atoms with Gasteiger partial charge in [0.1, 0.15) is 5.82 Å². The molecule has 0 aliphatic carbocycles. The van der Waals surface area contributed by atoms with Crippen LogP contribution in [0.4, 0.5) is 0 Å². The summed E-state index contributed by atoms with van der Waals surface area (Å²) in [6.07, 6.45) is 2.45. The fourth-order valence-corrected chi connectivity index (χ4v) is 2.14. The van der Waals surface area contributed by atoms with Crippen LogP contribution in [0.3, 0.4) is 0 Å². The second-order valence-corrected chi connectivity index (χ2v) is 4.02. The number of hydrogen-bond donors (Lipinski definition) is 1. The van der Waals surface area contributed by atoms with Crippen molar-refractivity contribution >= 4 is 0 Å². The van der Waals surface area contributed by atoms with E-state index in [1.807, 2.05) is 0 Å². The van der Waals surface area contributed by atoms with E-state index >= 15 is 0 Å². The highest BCUT2D eigenvalue weighted by atomic mass is 15.1. The molecule has 1 aliphatic rings. The van der Waals surface area contributed by atoms with Crippen LogP contribution in [0.25, 0.3) is 0 Å². The highest BCUT2D eigenvalue weighted by Crippen LogP contribution is 2.23. The highest BCUT2D eigenvalue weighted by Gasteiger charge is 2.20. The van der Waals surface area contributed by atoms with Gasteiger partial charge in [0.15, 0.2) is 0 Å². The smallest absolute Gasteiger partial charge is 0.122 e. The molecule has 0 saturated heterocycles. The monoisotopic (exact) mass is 179 g/mol. The van der Waals surface area contributed by atoms with Crippen LogP contribution >= 0.6 is 0 Å². The predicted molar refractivity (Wildman–Crippen MR) is 52.3 cm³/mol. The molecule has 0 spiro atoms. The average Bonchev–Trinajstić information content (AvgIpc) is 2.42. The first-order valence-corrected chi connectivity index (χ1v) is 4.97. The third-order valence-electron chi connectivity index (χ3n) is 2.90. The molecule has 0 radical (unpaired) electrons. The van der Waals surface area contributed by atoms with Gasteiger partial charge >= 0.3 is 0 Å². The van der Waals surface area contributed by atoms with Crippen LogP contribution in [0, 0.1) is 12.8 Å². The molecule has 1 aromatic rings. The Balaban J connectivity index is 2.43. The molecule has 2 N–H and O–H groups in total. The van der Waals surface area contributed by atoms with E-state index in [9.17, 15) is 0 Å². The summed E-state index contributed by atoms with van der Waals surface area (Å²) < 4.78 is 2.31. The van der Waals surface area contributed by atoms with Crippen LogP contribution in [0.15, 0.2) is 0 Å². The largest absolute Gasteiger partial charge is 0.330 e. The van der Waals surface area contributed by atoms with Crippen molar-refractivity contribution in [3.8, 4) is 0 Å². The Morgan fingerprint density at radius 2 is 2.38 bits per heavy atom. The van der Waals surface area contributed by atoms with Gasteiger partial charge in [0, 0.05) is 12.2 Å². The first-order valence-electron chi connectivity index (χ1n) is 4.97. The maximum absolute atomic E-state index is 5.65. The number of fused-ring (bicyclic) bond motifs is 1. The minimum atomic E-state index is 0.563. The molecule has 0 saturated carbocycles. The summed E-state index contributed by atoms with van der Waals surface area (Å²) in [4.78, 5) is 4.48. The normalized spacial score (nSPS) is 21.6. The van der Waals surface area contributed by atoms with Crippen LogP contribution in [-0.2, 0) is 19.5 Å². The molecule has 3 heteroatoms. The van der Waals surface area contributed by atoms with Gasteiger partial charge in [-0.3, -0.25) is 0 Å². The van der Waals surface area contributed by atoms with Crippen molar-refractivity contribution < 1.29 is 0 Å². The summed E-state index contributed by atoms with van der Waals surface area (Å²) in [7, 11) is 0. The predicted octanol–water partition coefficient (Wildman–Crippen LogP) is 1.23. The van der Waals surface area contributed by atoms with E-state index in [4.69, 9.17) is 5.73 Å². The van der Waals surface area contributed by atoms with Crippen molar-refractivity contribution in [2.45, 2.75) is 39.8 Å². The molecule has 1 aromatic heterocycles. The van der Waals surface area contributed by atoms with Crippen molar-refractivity contribution in [3.63, 3.8) is 0 Å². The van der Waals surface area contributed by atoms with Crippen molar-refractivity contribution in [2.24, 2.45) is 11.7 Å². The van der Waals surface area contributed by atoms with Crippen LogP contribution < -0.4 is 5.73 Å². The van der Waals surface area contributed by atoms with Crippen molar-refractivity contribution in [1.82, 2.24) is 9.55 Å². The Morgan fingerprint density at radius 3 is 3.08 bits per heavy atom. The van der Waals surface area contributed by atoms with E-state index in [0.717, 1.165) is 18.3 Å². The molecule has 2 heterocycles. The zero-order chi connectivity index (χ0) is 9.42. The summed E-state index contributed by atoms with van der Waals surface area (Å²) in [5, 5.41) is 0. The van der Waals surface area contributed by atoms with Gasteiger partial charge in [-0.05, 0) is 25.7 Å². The summed E-state index contributed by atoms with van der Waals surface area (Å²) in [5.74, 6) is 1.82. The van der Waals surface area contributed by atoms with Crippen molar-refractivity contribution in [3.05, 3.63) is 17.2 Å². The minimum Gasteiger partial charge on any atom is -0.330 e. The summed E-state index contributed by atoms with van der Waals surface area (Å²) in [5.41, 5.74) is 8.22. The average molecular weight is 179 g/mol. The summed E-state index contributed by atoms with van der Waals surface area (Å²) in [6.45, 7) is 6.04. The molecule has 0 bridgehead atoms. The zero-order valence-electron chi connectivity index (χ0n) is 8.38. The number of imidazole rings is 1. The van der Waals surface area contributed by atoms with Gasteiger partial charge in [0.2, 0.25) is 0 Å². The molecule has 0 aromatic carbocycles. The fourth-order valence-electron chi connectivity index (χ4n) is 2.14. The van der Waals surface area contributed by atoms with Gasteiger partial charge in [-0.1, -0.05) is 6.92 Å². The highest BCUT2D eigenvalue weighted by molar-refractivity contribution is 5.18. The molecule has 1 aliphatic heterocycles. The maximum Gasteiger partial charge on any atom is 0.122 e. The molecule has 1 atom stereocenters. The standard InChI is InChI=1S/C10H17N3/c1-7-3-4-9-8(2)12-10(5-11)13(9)6-7/h7H,3-6,11H2,1-2H3. The lowest BCUT2D eigenvalue weighted by molar-refractivity contribution is 0.390. The fraction of sp³-hybridized carbons (Fsp3) is 0.700. The molecule has 13 heavy (non-hydrogen) atoms. The Labute approximate surface area is 79.0 Å². The van der Waals surface area contributed by atoms with Gasteiger partial charge in [-0.15, -0.1) is 0 Å². The van der Waals surface area contributed by atoms with Gasteiger partial charge in [0.25, 0.3) is 0 Å². The topological polar surface area (TPSA) is 43.8 Å². The molecule has 2 rings (SSSR count). The number of nitrogens with zero attached hydrogens (tertiary/aromatic N) is 2. The molecule has 72 valence electrons. The summed E-state index contributed by atoms with van der Waals surface area (Å²) in [6, 6.07) is 0. The third-order valence-corrected chi connectivity index (χ3v) is 2.90. The van der Waals surface area contributed by atoms with Crippen LogP contribution in [0.2, 0.25) is 0 Å². The Kier molecular flexibility index (Phi) is 2.12. The van der Waals surface area contributed by atoms with Crippen molar-refractivity contribution in [1.29, 1.82) is 0 Å². The van der Waals surface area contributed by atoms with Crippen molar-refractivity contribution in [2.75, 3.05) is 0 Å². The lowest BCUT2D eigenvalue weighted by Gasteiger charge is -2.22. The Morgan fingerprint density at radius 1 is 1.62 bits per heavy atom. The van der Waals surface area contributed by atoms with E-state index in [0.29, 0.717) is 6.54 Å². The second kappa shape index (κ2) is 3.14. The number of aromatic nitrogens is 2. The van der Waals surface area contributed by atoms with E-state index in [1.165, 1.54) is 24.2 Å². The SMILES string of the molecule is Cc1nc(CN)n2c1CCC(C)C2. The summed E-state index contributed by atoms with van der Waals surface area (Å²) >= 11 is 0. The van der Waals surface area contributed by atoms with E-state index in [2.05, 4.69) is 23.4 Å². The molecule has 0 fully saturated rings. The molecule has 0 amide bonds. The molecular weight excluding hydrogens is 162 g/mol. The van der Waals surface area contributed by atoms with E-state index in [-0.39, 0.29) is 0 Å². The van der Waals surface area contributed by atoms with Gasteiger partial charge in [-0.25, -0.2) is 4.98 Å². The number of rotatable bonds is 1. The lowest BCUT2D eigenvalue weighted by atomic mass is 9.99. The third kappa shape index (κ3) is 1.37. The van der Waals surface area contributed by atoms with Crippen LogP contribution in [0.1, 0.15) is 30.6 Å². The maximum atomic E-state index is 5.65. The van der Waals surface area contributed by atoms with Crippen LogP contribution in [-0.4, -0.2) is 9.55 Å².